The van der Waals surface area contributed by atoms with Gasteiger partial charge in [0.2, 0.25) is 5.91 Å². The summed E-state index contributed by atoms with van der Waals surface area (Å²) in [7, 11) is -3.40. The minimum Gasteiger partial charge on any atom is -0.492 e. The Morgan fingerprint density at radius 3 is 2.28 bits per heavy atom. The van der Waals surface area contributed by atoms with Gasteiger partial charge < -0.3 is 14.8 Å². The number of halogens is 6. The predicted octanol–water partition coefficient (Wildman–Crippen LogP) is 6.41. The summed E-state index contributed by atoms with van der Waals surface area (Å²) in [5.74, 6) is -4.54. The van der Waals surface area contributed by atoms with E-state index in [4.69, 9.17) is 16.3 Å². The molecule has 246 valence electrons. The van der Waals surface area contributed by atoms with E-state index in [1.165, 1.54) is 24.3 Å². The lowest BCUT2D eigenvalue weighted by molar-refractivity contribution is -0.137. The molecular formula is C32H24ClF5N2O6S. The van der Waals surface area contributed by atoms with Crippen molar-refractivity contribution < 1.29 is 49.4 Å². The second kappa shape index (κ2) is 13.2. The molecule has 1 aliphatic rings. The topological polar surface area (TPSA) is 102 Å². The van der Waals surface area contributed by atoms with Crippen molar-refractivity contribution in [3.63, 3.8) is 0 Å². The minimum absolute atomic E-state index is 0.0332. The van der Waals surface area contributed by atoms with E-state index in [9.17, 15) is 40.0 Å². The number of carbonyl (C=O) groups excluding carboxylic acids is 2. The zero-order valence-electron chi connectivity index (χ0n) is 24.3. The number of ether oxygens (including phenoxy) is 2. The lowest BCUT2D eigenvalue weighted by atomic mass is 10.0. The van der Waals surface area contributed by atoms with E-state index >= 15 is 0 Å². The van der Waals surface area contributed by atoms with Crippen LogP contribution in [-0.4, -0.2) is 46.6 Å². The van der Waals surface area contributed by atoms with Crippen molar-refractivity contribution in [3.05, 3.63) is 112 Å². The third-order valence-electron chi connectivity index (χ3n) is 7.32. The molecule has 15 heteroatoms. The number of alkyl halides is 3. The van der Waals surface area contributed by atoms with Gasteiger partial charge in [-0.3, -0.25) is 9.10 Å². The second-order valence-corrected chi connectivity index (χ2v) is 12.5. The molecule has 0 aromatic heterocycles. The number of carbonyl (C=O) groups is 2. The number of para-hydroxylation sites is 1. The lowest BCUT2D eigenvalue weighted by Gasteiger charge is -2.26. The van der Waals surface area contributed by atoms with Crippen LogP contribution in [0.25, 0.3) is 11.1 Å². The van der Waals surface area contributed by atoms with Crippen LogP contribution in [0.1, 0.15) is 21.5 Å². The molecule has 0 radical (unpaired) electrons. The number of nitrogens with one attached hydrogen (secondary N) is 1. The Morgan fingerprint density at radius 1 is 0.979 bits per heavy atom. The van der Waals surface area contributed by atoms with Crippen LogP contribution in [0.3, 0.4) is 0 Å². The molecule has 5 rings (SSSR count). The highest BCUT2D eigenvalue weighted by Crippen LogP contribution is 2.39. The van der Waals surface area contributed by atoms with Crippen LogP contribution in [0.4, 0.5) is 27.6 Å². The van der Waals surface area contributed by atoms with Crippen molar-refractivity contribution in [2.24, 2.45) is 0 Å². The summed E-state index contributed by atoms with van der Waals surface area (Å²) < 4.78 is 107. The van der Waals surface area contributed by atoms with Crippen molar-refractivity contribution >= 4 is 39.2 Å². The van der Waals surface area contributed by atoms with Gasteiger partial charge in [0.05, 0.1) is 29.8 Å². The monoisotopic (exact) mass is 694 g/mol. The summed E-state index contributed by atoms with van der Waals surface area (Å²) in [4.78, 5) is 24.6. The fourth-order valence-electron chi connectivity index (χ4n) is 5.09. The van der Waals surface area contributed by atoms with Crippen LogP contribution in [0.5, 0.6) is 5.75 Å². The number of sulfonamides is 1. The summed E-state index contributed by atoms with van der Waals surface area (Å²) in [6.45, 7) is -0.428. The highest BCUT2D eigenvalue weighted by molar-refractivity contribution is 7.93. The molecule has 0 saturated carbocycles. The Labute approximate surface area is 270 Å². The first kappa shape index (κ1) is 33.7. The first-order chi connectivity index (χ1) is 22.2. The van der Waals surface area contributed by atoms with Gasteiger partial charge in [-0.25, -0.2) is 22.0 Å². The van der Waals surface area contributed by atoms with Crippen LogP contribution < -0.4 is 14.4 Å². The summed E-state index contributed by atoms with van der Waals surface area (Å²) in [6, 6.07) is 14.8. The van der Waals surface area contributed by atoms with Gasteiger partial charge in [-0.15, -0.1) is 0 Å². The van der Waals surface area contributed by atoms with Crippen molar-refractivity contribution in [3.8, 4) is 16.9 Å². The molecule has 4 aromatic carbocycles. The second-order valence-electron chi connectivity index (χ2n) is 10.3. The Bertz CT molecular complexity index is 1930. The maximum atomic E-state index is 14.2. The molecule has 0 aliphatic carbocycles. The summed E-state index contributed by atoms with van der Waals surface area (Å²) in [5.41, 5.74) is -0.652. The lowest BCUT2D eigenvalue weighted by Crippen LogP contribution is -2.48. The van der Waals surface area contributed by atoms with Crippen molar-refractivity contribution in [2.45, 2.75) is 23.5 Å². The number of anilines is 1. The van der Waals surface area contributed by atoms with E-state index in [0.717, 1.165) is 41.7 Å². The number of hydrogen-bond donors (Lipinski definition) is 1. The van der Waals surface area contributed by atoms with Gasteiger partial charge in [-0.05, 0) is 47.5 Å². The van der Waals surface area contributed by atoms with E-state index in [-0.39, 0.29) is 52.1 Å². The van der Waals surface area contributed by atoms with Crippen molar-refractivity contribution in [2.75, 3.05) is 24.6 Å². The molecule has 1 heterocycles. The number of methoxy groups -OCH3 is 1. The van der Waals surface area contributed by atoms with Crippen LogP contribution in [0, 0.1) is 11.6 Å². The van der Waals surface area contributed by atoms with Gasteiger partial charge in [-0.1, -0.05) is 41.9 Å². The van der Waals surface area contributed by atoms with Gasteiger partial charge >= 0.3 is 12.1 Å². The summed E-state index contributed by atoms with van der Waals surface area (Å²) >= 11 is 6.15. The number of nitrogens with zero attached hydrogens (tertiary/aromatic N) is 1. The molecule has 1 atom stereocenters. The third kappa shape index (κ3) is 6.88. The number of fused-ring (bicyclic) bond motifs is 1. The highest BCUT2D eigenvalue weighted by Gasteiger charge is 2.42. The number of amides is 1. The number of benzene rings is 4. The molecule has 0 saturated heterocycles. The third-order valence-corrected chi connectivity index (χ3v) is 9.49. The maximum Gasteiger partial charge on any atom is 0.416 e. The quantitative estimate of drug-likeness (QED) is 0.124. The molecular weight excluding hydrogens is 671 g/mol. The Balaban J connectivity index is 1.33. The standard InChI is InChI=1S/C32H24ClF5N2O6S/c1-45-31(42)29-25(34)16-21(17-26(29)35)46-13-12-39-30(41)28-14-19-4-2-3-5-27(19)40(28)47(43,44)22-9-6-18(7-10-22)23-15-20(32(36,37)38)8-11-24(23)33/h2-11,15-17,28H,12-14H2,1H3,(H,39,41)/t28-/m0/s1. The number of hydrogen-bond acceptors (Lipinski definition) is 6. The normalized spacial score (nSPS) is 14.4. The van der Waals surface area contributed by atoms with E-state index < -0.39 is 56.9 Å². The molecule has 0 spiro atoms. The average molecular weight is 695 g/mol. The van der Waals surface area contributed by atoms with Gasteiger partial charge in [0, 0.05) is 29.1 Å². The molecule has 8 nitrogen and oxygen atoms in total. The van der Waals surface area contributed by atoms with E-state index in [1.807, 2.05) is 0 Å². The zero-order chi connectivity index (χ0) is 34.1. The van der Waals surface area contributed by atoms with Crippen LogP contribution in [0.15, 0.2) is 83.8 Å². The highest BCUT2D eigenvalue weighted by atomic mass is 35.5. The van der Waals surface area contributed by atoms with Crippen LogP contribution >= 0.6 is 11.6 Å². The van der Waals surface area contributed by atoms with Gasteiger partial charge in [0.25, 0.3) is 10.0 Å². The number of rotatable bonds is 9. The van der Waals surface area contributed by atoms with Crippen molar-refractivity contribution in [1.29, 1.82) is 0 Å². The van der Waals surface area contributed by atoms with Gasteiger partial charge in [0.15, 0.2) is 0 Å². The molecule has 4 aromatic rings. The Morgan fingerprint density at radius 2 is 1.64 bits per heavy atom. The summed E-state index contributed by atoms with van der Waals surface area (Å²) in [5, 5.41) is 2.61. The van der Waals surface area contributed by atoms with E-state index in [1.54, 1.807) is 24.3 Å². The van der Waals surface area contributed by atoms with E-state index in [0.29, 0.717) is 5.56 Å². The molecule has 1 aliphatic heterocycles. The summed E-state index contributed by atoms with van der Waals surface area (Å²) in [6.07, 6.45) is -4.58. The SMILES string of the molecule is COC(=O)c1c(F)cc(OCCNC(=O)[C@@H]2Cc3ccccc3N2S(=O)(=O)c2ccc(-c3cc(C(F)(F)F)ccc3Cl)cc2)cc1F. The first-order valence-electron chi connectivity index (χ1n) is 13.8. The zero-order valence-corrected chi connectivity index (χ0v) is 25.8. The fourth-order valence-corrected chi connectivity index (χ4v) is 6.96. The molecule has 1 N–H and O–H groups in total. The minimum atomic E-state index is -4.61. The molecule has 0 bridgehead atoms. The molecule has 1 amide bonds. The Hall–Kier alpha value is -4.69. The fraction of sp³-hybridized carbons (Fsp3) is 0.188. The van der Waals surface area contributed by atoms with E-state index in [2.05, 4.69) is 10.1 Å². The van der Waals surface area contributed by atoms with Crippen LogP contribution in [-0.2, 0) is 32.2 Å². The van der Waals surface area contributed by atoms with Gasteiger partial charge in [0.1, 0.15) is 35.6 Å². The predicted molar refractivity (Wildman–Crippen MR) is 162 cm³/mol. The molecule has 0 fully saturated rings. The Kier molecular flexibility index (Phi) is 9.46. The van der Waals surface area contributed by atoms with Gasteiger partial charge in [-0.2, -0.15) is 13.2 Å². The molecule has 47 heavy (non-hydrogen) atoms. The average Bonchev–Trinajstić information content (AvgIpc) is 3.43. The first-order valence-corrected chi connectivity index (χ1v) is 15.6. The molecule has 0 unspecified atom stereocenters. The van der Waals surface area contributed by atoms with Crippen molar-refractivity contribution in [1.82, 2.24) is 5.32 Å². The smallest absolute Gasteiger partial charge is 0.416 e. The number of esters is 1. The maximum absolute atomic E-state index is 14.2. The largest absolute Gasteiger partial charge is 0.492 e. The van der Waals surface area contributed by atoms with Crippen LogP contribution in [0.2, 0.25) is 5.02 Å².